The quantitative estimate of drug-likeness (QED) is 0.838. The van der Waals surface area contributed by atoms with E-state index in [9.17, 15) is 0 Å². The number of rotatable bonds is 4. The summed E-state index contributed by atoms with van der Waals surface area (Å²) in [5.41, 5.74) is 0.979. The molecule has 0 radical (unpaired) electrons. The van der Waals surface area contributed by atoms with Gasteiger partial charge in [0, 0.05) is 13.5 Å². The lowest BCUT2D eigenvalue weighted by molar-refractivity contribution is 0.463. The van der Waals surface area contributed by atoms with Gasteiger partial charge in [-0.1, -0.05) is 23.7 Å². The Kier molecular flexibility index (Phi) is 3.64. The molecule has 1 aromatic carbocycles. The van der Waals surface area contributed by atoms with E-state index in [1.54, 1.807) is 6.92 Å². The Morgan fingerprint density at radius 3 is 2.65 bits per heavy atom. The molecule has 4 nitrogen and oxygen atoms in total. The van der Waals surface area contributed by atoms with E-state index in [0.29, 0.717) is 18.3 Å². The van der Waals surface area contributed by atoms with Crippen LogP contribution in [-0.2, 0) is 6.54 Å². The molecule has 17 heavy (non-hydrogen) atoms. The van der Waals surface area contributed by atoms with E-state index in [1.807, 2.05) is 24.3 Å². The second-order valence-corrected chi connectivity index (χ2v) is 4.09. The van der Waals surface area contributed by atoms with Crippen LogP contribution in [0.5, 0.6) is 0 Å². The van der Waals surface area contributed by atoms with Crippen LogP contribution in [0.4, 0.5) is 5.69 Å². The first-order valence-electron chi connectivity index (χ1n) is 5.49. The summed E-state index contributed by atoms with van der Waals surface area (Å²) in [6.45, 7) is 5.24. The van der Waals surface area contributed by atoms with Crippen LogP contribution >= 0.6 is 11.6 Å². The SMILES string of the molecule is CCN(Cc1nnc(C)o1)c1ccccc1Cl. The lowest BCUT2D eigenvalue weighted by Crippen LogP contribution is -2.22. The molecule has 0 N–H and O–H groups in total. The number of halogens is 1. The minimum atomic E-state index is 0.571. The summed E-state index contributed by atoms with van der Waals surface area (Å²) in [5, 5.41) is 8.53. The van der Waals surface area contributed by atoms with Gasteiger partial charge in [-0.05, 0) is 19.1 Å². The van der Waals surface area contributed by atoms with E-state index in [0.717, 1.165) is 17.3 Å². The van der Waals surface area contributed by atoms with Crippen molar-refractivity contribution in [1.82, 2.24) is 10.2 Å². The fourth-order valence-electron chi connectivity index (χ4n) is 1.64. The Hall–Kier alpha value is -1.55. The zero-order valence-corrected chi connectivity index (χ0v) is 10.6. The van der Waals surface area contributed by atoms with E-state index in [4.69, 9.17) is 16.0 Å². The van der Waals surface area contributed by atoms with Gasteiger partial charge in [0.05, 0.1) is 17.3 Å². The van der Waals surface area contributed by atoms with Crippen molar-refractivity contribution in [3.05, 3.63) is 41.1 Å². The molecule has 1 heterocycles. The van der Waals surface area contributed by atoms with Crippen molar-refractivity contribution in [3.8, 4) is 0 Å². The van der Waals surface area contributed by atoms with Crippen molar-refractivity contribution >= 4 is 17.3 Å². The van der Waals surface area contributed by atoms with E-state index >= 15 is 0 Å². The van der Waals surface area contributed by atoms with Crippen molar-refractivity contribution < 1.29 is 4.42 Å². The van der Waals surface area contributed by atoms with Crippen LogP contribution in [-0.4, -0.2) is 16.7 Å². The molecule has 0 fully saturated rings. The monoisotopic (exact) mass is 251 g/mol. The summed E-state index contributed by atoms with van der Waals surface area (Å²) >= 11 is 6.16. The fourth-order valence-corrected chi connectivity index (χ4v) is 1.90. The molecular weight excluding hydrogens is 238 g/mol. The maximum Gasteiger partial charge on any atom is 0.235 e. The Morgan fingerprint density at radius 2 is 2.06 bits per heavy atom. The highest BCUT2D eigenvalue weighted by atomic mass is 35.5. The molecule has 0 atom stereocenters. The molecule has 1 aromatic heterocycles. The molecule has 90 valence electrons. The third-order valence-corrected chi connectivity index (χ3v) is 2.79. The molecule has 0 saturated heterocycles. The number of aromatic nitrogens is 2. The van der Waals surface area contributed by atoms with Crippen LogP contribution in [0.15, 0.2) is 28.7 Å². The minimum Gasteiger partial charge on any atom is -0.424 e. The molecule has 5 heteroatoms. The van der Waals surface area contributed by atoms with Gasteiger partial charge in [0.15, 0.2) is 0 Å². The maximum atomic E-state index is 6.16. The van der Waals surface area contributed by atoms with Gasteiger partial charge in [-0.15, -0.1) is 10.2 Å². The first-order valence-corrected chi connectivity index (χ1v) is 5.87. The smallest absolute Gasteiger partial charge is 0.235 e. The molecule has 0 bridgehead atoms. The summed E-state index contributed by atoms with van der Waals surface area (Å²) in [6.07, 6.45) is 0. The largest absolute Gasteiger partial charge is 0.424 e. The molecule has 2 aromatic rings. The topological polar surface area (TPSA) is 42.2 Å². The third kappa shape index (κ3) is 2.77. The zero-order chi connectivity index (χ0) is 12.3. The number of nitrogens with zero attached hydrogens (tertiary/aromatic N) is 3. The Labute approximate surface area is 105 Å². The molecule has 0 aliphatic rings. The van der Waals surface area contributed by atoms with Crippen molar-refractivity contribution in [2.45, 2.75) is 20.4 Å². The summed E-state index contributed by atoms with van der Waals surface area (Å²) in [6, 6.07) is 7.73. The predicted octanol–water partition coefficient (Wildman–Crippen LogP) is 3.06. The van der Waals surface area contributed by atoms with E-state index in [-0.39, 0.29) is 0 Å². The van der Waals surface area contributed by atoms with Crippen molar-refractivity contribution in [1.29, 1.82) is 0 Å². The normalized spacial score (nSPS) is 10.5. The highest BCUT2D eigenvalue weighted by molar-refractivity contribution is 6.33. The van der Waals surface area contributed by atoms with E-state index in [2.05, 4.69) is 22.0 Å². The molecule has 0 unspecified atom stereocenters. The highest BCUT2D eigenvalue weighted by Gasteiger charge is 2.12. The van der Waals surface area contributed by atoms with Crippen molar-refractivity contribution in [3.63, 3.8) is 0 Å². The molecule has 0 aliphatic heterocycles. The summed E-state index contributed by atoms with van der Waals surface area (Å²) in [5.74, 6) is 1.18. The molecule has 0 saturated carbocycles. The number of para-hydroxylation sites is 1. The Bertz CT molecular complexity index is 498. The number of hydrogen-bond acceptors (Lipinski definition) is 4. The number of anilines is 1. The molecule has 0 amide bonds. The third-order valence-electron chi connectivity index (χ3n) is 2.47. The van der Waals surface area contributed by atoms with Crippen molar-refractivity contribution in [2.75, 3.05) is 11.4 Å². The summed E-state index contributed by atoms with van der Waals surface area (Å²) in [7, 11) is 0. The van der Waals surface area contributed by atoms with Crippen LogP contribution in [0.2, 0.25) is 5.02 Å². The van der Waals surface area contributed by atoms with Crippen LogP contribution < -0.4 is 4.90 Å². The lowest BCUT2D eigenvalue weighted by atomic mass is 10.3. The average Bonchev–Trinajstić information content (AvgIpc) is 2.73. The number of aryl methyl sites for hydroxylation is 1. The minimum absolute atomic E-state index is 0.571. The summed E-state index contributed by atoms with van der Waals surface area (Å²) < 4.78 is 5.37. The summed E-state index contributed by atoms with van der Waals surface area (Å²) in [4.78, 5) is 2.09. The van der Waals surface area contributed by atoms with Crippen LogP contribution in [0.1, 0.15) is 18.7 Å². The fraction of sp³-hybridized carbons (Fsp3) is 0.333. The van der Waals surface area contributed by atoms with Gasteiger partial charge < -0.3 is 9.32 Å². The maximum absolute atomic E-state index is 6.16. The number of benzene rings is 1. The lowest BCUT2D eigenvalue weighted by Gasteiger charge is -2.22. The molecule has 0 aliphatic carbocycles. The molecular formula is C12H14ClN3O. The van der Waals surface area contributed by atoms with E-state index in [1.165, 1.54) is 0 Å². The second kappa shape index (κ2) is 5.19. The van der Waals surface area contributed by atoms with Gasteiger partial charge in [0.25, 0.3) is 0 Å². The van der Waals surface area contributed by atoms with Gasteiger partial charge >= 0.3 is 0 Å². The predicted molar refractivity (Wildman–Crippen MR) is 67.2 cm³/mol. The van der Waals surface area contributed by atoms with Gasteiger partial charge in [-0.25, -0.2) is 0 Å². The standard InChI is InChI=1S/C12H14ClN3O/c1-3-16(8-12-15-14-9(2)17-12)11-7-5-4-6-10(11)13/h4-7H,3,8H2,1-2H3. The Morgan fingerprint density at radius 1 is 1.29 bits per heavy atom. The first-order chi connectivity index (χ1) is 8.20. The van der Waals surface area contributed by atoms with Crippen LogP contribution in [0.25, 0.3) is 0 Å². The molecule has 2 rings (SSSR count). The zero-order valence-electron chi connectivity index (χ0n) is 9.85. The number of hydrogen-bond donors (Lipinski definition) is 0. The van der Waals surface area contributed by atoms with Crippen molar-refractivity contribution in [2.24, 2.45) is 0 Å². The Balaban J connectivity index is 2.20. The average molecular weight is 252 g/mol. The van der Waals surface area contributed by atoms with Gasteiger partial charge in [0.1, 0.15) is 0 Å². The van der Waals surface area contributed by atoms with Crippen LogP contribution in [0, 0.1) is 6.92 Å². The molecule has 0 spiro atoms. The second-order valence-electron chi connectivity index (χ2n) is 3.68. The van der Waals surface area contributed by atoms with Gasteiger partial charge in [0.2, 0.25) is 11.8 Å². The van der Waals surface area contributed by atoms with Gasteiger partial charge in [-0.3, -0.25) is 0 Å². The van der Waals surface area contributed by atoms with Gasteiger partial charge in [-0.2, -0.15) is 0 Å². The van der Waals surface area contributed by atoms with E-state index < -0.39 is 0 Å². The van der Waals surface area contributed by atoms with Crippen LogP contribution in [0.3, 0.4) is 0 Å². The first kappa shape index (κ1) is 11.9. The highest BCUT2D eigenvalue weighted by Crippen LogP contribution is 2.26.